The first-order valence-corrected chi connectivity index (χ1v) is 9.47. The van der Waals surface area contributed by atoms with Crippen molar-refractivity contribution in [2.75, 3.05) is 45.9 Å². The molecule has 0 radical (unpaired) electrons. The monoisotopic (exact) mass is 349 g/mol. The topological polar surface area (TPSA) is 62.6 Å². The number of nitrogens with zero attached hydrogens (tertiary/aromatic N) is 4. The molecule has 0 aliphatic carbocycles. The maximum absolute atomic E-state index is 12.4. The van der Waals surface area contributed by atoms with Crippen molar-refractivity contribution in [3.05, 3.63) is 18.0 Å². The van der Waals surface area contributed by atoms with Crippen LogP contribution in [0.1, 0.15) is 25.3 Å². The van der Waals surface area contributed by atoms with Crippen molar-refractivity contribution in [2.45, 2.75) is 45.4 Å². The molecule has 7 heteroatoms. The lowest BCUT2D eigenvalue weighted by atomic mass is 10.1. The molecule has 0 saturated carbocycles. The minimum absolute atomic E-state index is 0.0913. The molecule has 140 valence electrons. The van der Waals surface area contributed by atoms with E-state index in [1.165, 1.54) is 0 Å². The number of rotatable bonds is 6. The normalized spacial score (nSPS) is 23.7. The predicted octanol–water partition coefficient (Wildman–Crippen LogP) is 0.493. The second kappa shape index (κ2) is 8.78. The van der Waals surface area contributed by atoms with Gasteiger partial charge < -0.3 is 15.0 Å². The molecule has 1 aromatic heterocycles. The first kappa shape index (κ1) is 18.4. The Hall–Kier alpha value is -1.44. The zero-order chi connectivity index (χ0) is 17.6. The summed E-state index contributed by atoms with van der Waals surface area (Å²) in [6, 6.07) is 0.333. The van der Waals surface area contributed by atoms with Crippen molar-refractivity contribution in [1.82, 2.24) is 24.9 Å². The van der Waals surface area contributed by atoms with Crippen molar-refractivity contribution >= 4 is 5.91 Å². The molecule has 2 aliphatic rings. The number of hydrogen-bond donors (Lipinski definition) is 1. The van der Waals surface area contributed by atoms with E-state index in [2.05, 4.69) is 27.1 Å². The molecule has 3 rings (SSSR count). The highest BCUT2D eigenvalue weighted by Crippen LogP contribution is 2.11. The van der Waals surface area contributed by atoms with Crippen molar-refractivity contribution in [3.8, 4) is 0 Å². The smallest absolute Gasteiger partial charge is 0.234 e. The molecule has 2 saturated heterocycles. The second-order valence-electron chi connectivity index (χ2n) is 7.24. The number of ether oxygens (including phenoxy) is 1. The van der Waals surface area contributed by atoms with Gasteiger partial charge >= 0.3 is 0 Å². The van der Waals surface area contributed by atoms with E-state index < -0.39 is 0 Å². The van der Waals surface area contributed by atoms with Crippen LogP contribution >= 0.6 is 0 Å². The van der Waals surface area contributed by atoms with Gasteiger partial charge in [-0.3, -0.25) is 14.4 Å². The summed E-state index contributed by atoms with van der Waals surface area (Å²) in [7, 11) is 0. The van der Waals surface area contributed by atoms with E-state index in [9.17, 15) is 4.79 Å². The van der Waals surface area contributed by atoms with Crippen molar-refractivity contribution in [1.29, 1.82) is 0 Å². The predicted molar refractivity (Wildman–Crippen MR) is 96.4 cm³/mol. The van der Waals surface area contributed by atoms with E-state index in [4.69, 9.17) is 4.74 Å². The van der Waals surface area contributed by atoms with Crippen LogP contribution in [0, 0.1) is 6.92 Å². The summed E-state index contributed by atoms with van der Waals surface area (Å²) < 4.78 is 7.76. The Balaban J connectivity index is 1.40. The number of carbonyl (C=O) groups is 1. The van der Waals surface area contributed by atoms with Crippen LogP contribution < -0.4 is 5.32 Å². The lowest BCUT2D eigenvalue weighted by Crippen LogP contribution is -2.51. The standard InChI is InChI=1S/C18H31N5O2/c1-3-21-6-4-16(5-7-21)20-18(24)14-22-8-9-25-17(12-22)13-23-11-15(2)10-19-23/h10-11,16-17H,3-9,12-14H2,1-2H3,(H,20,24)/t17-/m1/s1. The number of aromatic nitrogens is 2. The number of hydrogen-bond acceptors (Lipinski definition) is 5. The molecular weight excluding hydrogens is 318 g/mol. The van der Waals surface area contributed by atoms with Gasteiger partial charge in [0.15, 0.2) is 0 Å². The van der Waals surface area contributed by atoms with Crippen LogP contribution in [0.3, 0.4) is 0 Å². The van der Waals surface area contributed by atoms with Gasteiger partial charge in [-0.1, -0.05) is 6.92 Å². The summed E-state index contributed by atoms with van der Waals surface area (Å²) in [5.74, 6) is 0.144. The van der Waals surface area contributed by atoms with Gasteiger partial charge in [-0.25, -0.2) is 0 Å². The number of piperidine rings is 1. The van der Waals surface area contributed by atoms with Gasteiger partial charge in [-0.15, -0.1) is 0 Å². The van der Waals surface area contributed by atoms with Crippen LogP contribution in [0.4, 0.5) is 0 Å². The van der Waals surface area contributed by atoms with E-state index in [1.54, 1.807) is 0 Å². The zero-order valence-electron chi connectivity index (χ0n) is 15.5. The molecule has 0 unspecified atom stereocenters. The SMILES string of the molecule is CCN1CCC(NC(=O)CN2CCO[C@@H](Cn3cc(C)cn3)C2)CC1. The summed E-state index contributed by atoms with van der Waals surface area (Å²) in [5, 5.41) is 7.53. The molecule has 2 aliphatic heterocycles. The fourth-order valence-electron chi connectivity index (χ4n) is 3.68. The van der Waals surface area contributed by atoms with E-state index in [-0.39, 0.29) is 12.0 Å². The molecule has 1 N–H and O–H groups in total. The summed E-state index contributed by atoms with van der Waals surface area (Å²) >= 11 is 0. The molecule has 1 atom stereocenters. The number of morpholine rings is 1. The van der Waals surface area contributed by atoms with Gasteiger partial charge in [0.25, 0.3) is 0 Å². The maximum atomic E-state index is 12.4. The molecular formula is C18H31N5O2. The van der Waals surface area contributed by atoms with Gasteiger partial charge in [0.2, 0.25) is 5.91 Å². The first-order valence-electron chi connectivity index (χ1n) is 9.47. The molecule has 1 aromatic rings. The minimum Gasteiger partial charge on any atom is -0.374 e. The highest BCUT2D eigenvalue weighted by atomic mass is 16.5. The molecule has 7 nitrogen and oxygen atoms in total. The first-order chi connectivity index (χ1) is 12.1. The van der Waals surface area contributed by atoms with E-state index in [0.29, 0.717) is 19.2 Å². The average molecular weight is 349 g/mol. The summed E-state index contributed by atoms with van der Waals surface area (Å²) in [5.41, 5.74) is 1.15. The Morgan fingerprint density at radius 3 is 2.80 bits per heavy atom. The molecule has 0 spiro atoms. The molecule has 1 amide bonds. The average Bonchev–Trinajstić information content (AvgIpc) is 3.00. The van der Waals surface area contributed by atoms with Crippen LogP contribution in [0.25, 0.3) is 0 Å². The summed E-state index contributed by atoms with van der Waals surface area (Å²) in [6.45, 7) is 11.0. The van der Waals surface area contributed by atoms with Crippen molar-refractivity contribution in [3.63, 3.8) is 0 Å². The zero-order valence-corrected chi connectivity index (χ0v) is 15.5. The highest BCUT2D eigenvalue weighted by molar-refractivity contribution is 5.78. The highest BCUT2D eigenvalue weighted by Gasteiger charge is 2.24. The third-order valence-corrected chi connectivity index (χ3v) is 5.14. The third kappa shape index (κ3) is 5.52. The summed E-state index contributed by atoms with van der Waals surface area (Å²) in [4.78, 5) is 17.0. The molecule has 2 fully saturated rings. The second-order valence-corrected chi connectivity index (χ2v) is 7.24. The Labute approximate surface area is 150 Å². The Morgan fingerprint density at radius 2 is 2.12 bits per heavy atom. The van der Waals surface area contributed by atoms with Gasteiger partial charge in [0.1, 0.15) is 0 Å². The summed E-state index contributed by atoms with van der Waals surface area (Å²) in [6.07, 6.45) is 6.09. The van der Waals surface area contributed by atoms with Gasteiger partial charge in [0, 0.05) is 38.4 Å². The minimum atomic E-state index is 0.0913. The number of likely N-dealkylation sites (tertiary alicyclic amines) is 1. The van der Waals surface area contributed by atoms with Crippen LogP contribution in [-0.4, -0.2) is 83.5 Å². The van der Waals surface area contributed by atoms with Crippen molar-refractivity contribution in [2.24, 2.45) is 0 Å². The third-order valence-electron chi connectivity index (χ3n) is 5.14. The van der Waals surface area contributed by atoms with Crippen LogP contribution in [0.5, 0.6) is 0 Å². The van der Waals surface area contributed by atoms with Gasteiger partial charge in [0.05, 0.1) is 32.0 Å². The lowest BCUT2D eigenvalue weighted by Gasteiger charge is -2.34. The largest absolute Gasteiger partial charge is 0.374 e. The number of nitrogens with one attached hydrogen (secondary N) is 1. The van der Waals surface area contributed by atoms with Gasteiger partial charge in [-0.2, -0.15) is 5.10 Å². The quantitative estimate of drug-likeness (QED) is 0.810. The maximum Gasteiger partial charge on any atom is 0.234 e. The van der Waals surface area contributed by atoms with Crippen LogP contribution in [-0.2, 0) is 16.1 Å². The number of amides is 1. The Kier molecular flexibility index (Phi) is 6.45. The van der Waals surface area contributed by atoms with E-state index in [0.717, 1.165) is 57.7 Å². The lowest BCUT2D eigenvalue weighted by molar-refractivity contribution is -0.125. The van der Waals surface area contributed by atoms with Crippen LogP contribution in [0.15, 0.2) is 12.4 Å². The molecule has 0 bridgehead atoms. The molecule has 25 heavy (non-hydrogen) atoms. The van der Waals surface area contributed by atoms with E-state index >= 15 is 0 Å². The fraction of sp³-hybridized carbons (Fsp3) is 0.778. The number of carbonyl (C=O) groups excluding carboxylic acids is 1. The van der Waals surface area contributed by atoms with Crippen molar-refractivity contribution < 1.29 is 9.53 Å². The van der Waals surface area contributed by atoms with Gasteiger partial charge in [-0.05, 0) is 31.9 Å². The number of aryl methyl sites for hydroxylation is 1. The molecule has 0 aromatic carbocycles. The Morgan fingerprint density at radius 1 is 1.32 bits per heavy atom. The van der Waals surface area contributed by atoms with Crippen LogP contribution in [0.2, 0.25) is 0 Å². The Bertz CT molecular complexity index is 553. The fourth-order valence-corrected chi connectivity index (χ4v) is 3.68. The van der Waals surface area contributed by atoms with E-state index in [1.807, 2.05) is 24.0 Å². The molecule has 3 heterocycles.